The van der Waals surface area contributed by atoms with Crippen molar-refractivity contribution in [2.45, 2.75) is 0 Å². The predicted molar refractivity (Wildman–Crippen MR) is 90.7 cm³/mol. The van der Waals surface area contributed by atoms with Gasteiger partial charge in [-0.15, -0.1) is 0 Å². The summed E-state index contributed by atoms with van der Waals surface area (Å²) in [5.41, 5.74) is 0.756. The standard InChI is InChI=1S/C18H17N3O2/c22-18(20-11-12-23-15-6-2-1-3-7-15)21-17-8-4-5-14-13-19-10-9-16(14)17/h1-10,13H,11-12H2,(H2,20,21,22). The smallest absolute Gasteiger partial charge is 0.319 e. The lowest BCUT2D eigenvalue weighted by Gasteiger charge is -2.10. The van der Waals surface area contributed by atoms with Gasteiger partial charge in [0.05, 0.1) is 12.2 Å². The molecule has 0 bridgehead atoms. The zero-order chi connectivity index (χ0) is 15.9. The number of pyridine rings is 1. The molecule has 2 aromatic carbocycles. The molecule has 0 saturated heterocycles. The van der Waals surface area contributed by atoms with Crippen molar-refractivity contribution in [3.8, 4) is 5.75 Å². The van der Waals surface area contributed by atoms with Crippen LogP contribution >= 0.6 is 0 Å². The van der Waals surface area contributed by atoms with Gasteiger partial charge < -0.3 is 15.4 Å². The molecular formula is C18H17N3O2. The maximum Gasteiger partial charge on any atom is 0.319 e. The Labute approximate surface area is 134 Å². The van der Waals surface area contributed by atoms with Crippen molar-refractivity contribution >= 4 is 22.5 Å². The zero-order valence-electron chi connectivity index (χ0n) is 12.5. The summed E-state index contributed by atoms with van der Waals surface area (Å²) in [6.07, 6.45) is 3.48. The number of para-hydroxylation sites is 1. The van der Waals surface area contributed by atoms with Gasteiger partial charge in [-0.3, -0.25) is 4.98 Å². The molecule has 2 N–H and O–H groups in total. The monoisotopic (exact) mass is 307 g/mol. The van der Waals surface area contributed by atoms with E-state index in [0.29, 0.717) is 13.2 Å². The van der Waals surface area contributed by atoms with Gasteiger partial charge in [0.2, 0.25) is 0 Å². The van der Waals surface area contributed by atoms with Gasteiger partial charge in [0.1, 0.15) is 12.4 Å². The molecule has 3 rings (SSSR count). The van der Waals surface area contributed by atoms with Crippen LogP contribution in [0.3, 0.4) is 0 Å². The van der Waals surface area contributed by atoms with Crippen molar-refractivity contribution < 1.29 is 9.53 Å². The Balaban J connectivity index is 1.51. The Kier molecular flexibility index (Phi) is 4.69. The lowest BCUT2D eigenvalue weighted by atomic mass is 10.1. The van der Waals surface area contributed by atoms with Crippen LogP contribution in [0.2, 0.25) is 0 Å². The second-order valence-electron chi connectivity index (χ2n) is 4.94. The minimum atomic E-state index is -0.258. The number of fused-ring (bicyclic) bond motifs is 1. The average molecular weight is 307 g/mol. The van der Waals surface area contributed by atoms with Gasteiger partial charge in [0.15, 0.2) is 0 Å². The third-order valence-corrected chi connectivity index (χ3v) is 3.33. The lowest BCUT2D eigenvalue weighted by molar-refractivity contribution is 0.247. The number of amides is 2. The average Bonchev–Trinajstić information content (AvgIpc) is 2.60. The largest absolute Gasteiger partial charge is 0.492 e. The van der Waals surface area contributed by atoms with Crippen LogP contribution in [0, 0.1) is 0 Å². The van der Waals surface area contributed by atoms with Gasteiger partial charge in [-0.1, -0.05) is 30.3 Å². The molecule has 116 valence electrons. The van der Waals surface area contributed by atoms with E-state index in [2.05, 4.69) is 15.6 Å². The van der Waals surface area contributed by atoms with E-state index in [9.17, 15) is 4.79 Å². The van der Waals surface area contributed by atoms with Crippen molar-refractivity contribution in [1.29, 1.82) is 0 Å². The molecule has 23 heavy (non-hydrogen) atoms. The maximum absolute atomic E-state index is 12.0. The van der Waals surface area contributed by atoms with E-state index in [1.807, 2.05) is 54.6 Å². The number of rotatable bonds is 5. The van der Waals surface area contributed by atoms with Crippen molar-refractivity contribution in [3.05, 3.63) is 67.0 Å². The van der Waals surface area contributed by atoms with E-state index in [1.54, 1.807) is 12.4 Å². The van der Waals surface area contributed by atoms with Gasteiger partial charge in [-0.25, -0.2) is 4.79 Å². The summed E-state index contributed by atoms with van der Waals surface area (Å²) in [7, 11) is 0. The fourth-order valence-corrected chi connectivity index (χ4v) is 2.25. The van der Waals surface area contributed by atoms with Gasteiger partial charge >= 0.3 is 6.03 Å². The van der Waals surface area contributed by atoms with Crippen LogP contribution in [0.15, 0.2) is 67.0 Å². The van der Waals surface area contributed by atoms with Gasteiger partial charge in [-0.05, 0) is 24.3 Å². The molecule has 0 spiro atoms. The van der Waals surface area contributed by atoms with Crippen LogP contribution in [-0.4, -0.2) is 24.2 Å². The SMILES string of the molecule is O=C(NCCOc1ccccc1)Nc1cccc2cnccc12. The van der Waals surface area contributed by atoms with E-state index >= 15 is 0 Å². The van der Waals surface area contributed by atoms with Gasteiger partial charge in [0, 0.05) is 23.2 Å². The van der Waals surface area contributed by atoms with Gasteiger partial charge in [0.25, 0.3) is 0 Å². The Morgan fingerprint density at radius 2 is 1.91 bits per heavy atom. The number of aromatic nitrogens is 1. The topological polar surface area (TPSA) is 63.2 Å². The molecule has 3 aromatic rings. The number of nitrogens with zero attached hydrogens (tertiary/aromatic N) is 1. The fourth-order valence-electron chi connectivity index (χ4n) is 2.25. The number of urea groups is 1. The lowest BCUT2D eigenvalue weighted by Crippen LogP contribution is -2.32. The minimum absolute atomic E-state index is 0.258. The summed E-state index contributed by atoms with van der Waals surface area (Å²) in [4.78, 5) is 16.1. The van der Waals surface area contributed by atoms with Crippen molar-refractivity contribution in [3.63, 3.8) is 0 Å². The Bertz CT molecular complexity index is 785. The summed E-state index contributed by atoms with van der Waals surface area (Å²) >= 11 is 0. The van der Waals surface area contributed by atoms with Crippen LogP contribution < -0.4 is 15.4 Å². The highest BCUT2D eigenvalue weighted by Crippen LogP contribution is 2.21. The number of ether oxygens (including phenoxy) is 1. The number of hydrogen-bond acceptors (Lipinski definition) is 3. The van der Waals surface area contributed by atoms with Crippen molar-refractivity contribution in [1.82, 2.24) is 10.3 Å². The first-order valence-corrected chi connectivity index (χ1v) is 7.38. The Hall–Kier alpha value is -3.08. The van der Waals surface area contributed by atoms with E-state index in [-0.39, 0.29) is 6.03 Å². The number of carbonyl (C=O) groups excluding carboxylic acids is 1. The van der Waals surface area contributed by atoms with Crippen molar-refractivity contribution in [2.75, 3.05) is 18.5 Å². The van der Waals surface area contributed by atoms with E-state index in [4.69, 9.17) is 4.74 Å². The summed E-state index contributed by atoms with van der Waals surface area (Å²) in [5.74, 6) is 0.788. The molecule has 0 unspecified atom stereocenters. The van der Waals surface area contributed by atoms with Crippen LogP contribution in [0.5, 0.6) is 5.75 Å². The maximum atomic E-state index is 12.0. The molecule has 0 radical (unpaired) electrons. The second kappa shape index (κ2) is 7.26. The quantitative estimate of drug-likeness (QED) is 0.710. The number of nitrogens with one attached hydrogen (secondary N) is 2. The summed E-state index contributed by atoms with van der Waals surface area (Å²) in [6, 6.07) is 16.8. The summed E-state index contributed by atoms with van der Waals surface area (Å²) < 4.78 is 5.53. The molecule has 0 aliphatic carbocycles. The predicted octanol–water partition coefficient (Wildman–Crippen LogP) is 3.44. The van der Waals surface area contributed by atoms with Crippen LogP contribution in [0.1, 0.15) is 0 Å². The van der Waals surface area contributed by atoms with Crippen LogP contribution in [-0.2, 0) is 0 Å². The molecule has 0 aliphatic rings. The molecule has 0 saturated carbocycles. The highest BCUT2D eigenvalue weighted by Gasteiger charge is 2.05. The molecule has 5 nitrogen and oxygen atoms in total. The molecule has 0 aliphatic heterocycles. The molecule has 0 fully saturated rings. The first kappa shape index (κ1) is 14.8. The molecule has 0 atom stereocenters. The molecule has 1 aromatic heterocycles. The molecule has 1 heterocycles. The third-order valence-electron chi connectivity index (χ3n) is 3.33. The van der Waals surface area contributed by atoms with Crippen LogP contribution in [0.25, 0.3) is 10.8 Å². The van der Waals surface area contributed by atoms with E-state index < -0.39 is 0 Å². The first-order valence-electron chi connectivity index (χ1n) is 7.38. The first-order chi connectivity index (χ1) is 11.3. The van der Waals surface area contributed by atoms with Crippen LogP contribution in [0.4, 0.5) is 10.5 Å². The molecular weight excluding hydrogens is 290 g/mol. The molecule has 5 heteroatoms. The van der Waals surface area contributed by atoms with E-state index in [1.165, 1.54) is 0 Å². The highest BCUT2D eigenvalue weighted by molar-refractivity contribution is 6.01. The molecule has 2 amide bonds. The minimum Gasteiger partial charge on any atom is -0.492 e. The number of anilines is 1. The fraction of sp³-hybridized carbons (Fsp3) is 0.111. The number of carbonyl (C=O) groups is 1. The number of benzene rings is 2. The third kappa shape index (κ3) is 3.97. The number of hydrogen-bond donors (Lipinski definition) is 2. The summed E-state index contributed by atoms with van der Waals surface area (Å²) in [5, 5.41) is 7.57. The van der Waals surface area contributed by atoms with Crippen molar-refractivity contribution in [2.24, 2.45) is 0 Å². The Morgan fingerprint density at radius 3 is 2.78 bits per heavy atom. The van der Waals surface area contributed by atoms with Gasteiger partial charge in [-0.2, -0.15) is 0 Å². The zero-order valence-corrected chi connectivity index (χ0v) is 12.5. The highest BCUT2D eigenvalue weighted by atomic mass is 16.5. The summed E-state index contributed by atoms with van der Waals surface area (Å²) in [6.45, 7) is 0.837. The second-order valence-corrected chi connectivity index (χ2v) is 4.94. The Morgan fingerprint density at radius 1 is 1.04 bits per heavy atom. The normalized spacial score (nSPS) is 10.3. The van der Waals surface area contributed by atoms with E-state index in [0.717, 1.165) is 22.2 Å².